The lowest BCUT2D eigenvalue weighted by atomic mass is 10.2. The molecule has 1 heterocycles. The number of rotatable bonds is 10. The van der Waals surface area contributed by atoms with Crippen LogP contribution in [0.5, 0.6) is 17.2 Å². The molecule has 0 aliphatic carbocycles. The van der Waals surface area contributed by atoms with Gasteiger partial charge in [-0.3, -0.25) is 5.10 Å². The van der Waals surface area contributed by atoms with E-state index in [-0.39, 0.29) is 10.1 Å². The molecular formula is C26H21ClIN3O5S. The van der Waals surface area contributed by atoms with Crippen LogP contribution in [0.15, 0.2) is 70.7 Å². The van der Waals surface area contributed by atoms with Crippen LogP contribution in [-0.2, 0) is 11.4 Å². The Balaban J connectivity index is 1.58. The summed E-state index contributed by atoms with van der Waals surface area (Å²) >= 11 is 9.18. The van der Waals surface area contributed by atoms with E-state index in [0.717, 1.165) is 20.9 Å². The van der Waals surface area contributed by atoms with Crippen molar-refractivity contribution >= 4 is 58.0 Å². The molecule has 37 heavy (non-hydrogen) atoms. The summed E-state index contributed by atoms with van der Waals surface area (Å²) in [6.07, 6.45) is 1.54. The molecule has 0 amide bonds. The van der Waals surface area contributed by atoms with Crippen LogP contribution in [0.4, 0.5) is 0 Å². The van der Waals surface area contributed by atoms with Gasteiger partial charge in [-0.1, -0.05) is 41.9 Å². The van der Waals surface area contributed by atoms with Gasteiger partial charge in [0.2, 0.25) is 5.16 Å². The van der Waals surface area contributed by atoms with Crippen molar-refractivity contribution in [1.82, 2.24) is 15.2 Å². The molecule has 0 aliphatic rings. The first kappa shape index (κ1) is 26.8. The van der Waals surface area contributed by atoms with E-state index in [1.54, 1.807) is 31.4 Å². The van der Waals surface area contributed by atoms with E-state index in [0.29, 0.717) is 45.8 Å². The molecule has 190 valence electrons. The van der Waals surface area contributed by atoms with E-state index in [4.69, 9.17) is 25.8 Å². The van der Waals surface area contributed by atoms with Gasteiger partial charge >= 0.3 is 5.97 Å². The predicted octanol–water partition coefficient (Wildman–Crippen LogP) is 6.54. The number of thioether (sulfide) groups is 1. The fourth-order valence-corrected chi connectivity index (χ4v) is 5.02. The smallest absolute Gasteiger partial charge is 0.342 e. The number of aromatic amines is 1. The van der Waals surface area contributed by atoms with Gasteiger partial charge in [-0.2, -0.15) is 0 Å². The number of nitrogens with zero attached hydrogens (tertiary/aromatic N) is 2. The Kier molecular flexibility index (Phi) is 8.95. The topological polar surface area (TPSA) is 107 Å². The number of hydrogen-bond donors (Lipinski definition) is 2. The number of carbonyl (C=O) groups is 1. The van der Waals surface area contributed by atoms with Crippen LogP contribution in [0.3, 0.4) is 0 Å². The third kappa shape index (κ3) is 6.76. The van der Waals surface area contributed by atoms with Crippen molar-refractivity contribution in [1.29, 1.82) is 0 Å². The van der Waals surface area contributed by atoms with Crippen molar-refractivity contribution in [3.8, 4) is 28.6 Å². The summed E-state index contributed by atoms with van der Waals surface area (Å²) in [6.45, 7) is 0.378. The normalized spacial score (nSPS) is 11.3. The van der Waals surface area contributed by atoms with Crippen molar-refractivity contribution in [3.63, 3.8) is 0 Å². The van der Waals surface area contributed by atoms with Gasteiger partial charge in [0.05, 0.1) is 23.4 Å². The third-order valence-corrected chi connectivity index (χ3v) is 6.98. The van der Waals surface area contributed by atoms with E-state index in [1.165, 1.54) is 13.2 Å². The second kappa shape index (κ2) is 12.3. The molecule has 3 aromatic carbocycles. The van der Waals surface area contributed by atoms with Crippen molar-refractivity contribution in [3.05, 3.63) is 85.3 Å². The maximum atomic E-state index is 12.0. The maximum absolute atomic E-state index is 12.0. The van der Waals surface area contributed by atoms with Crippen molar-refractivity contribution in [2.75, 3.05) is 14.2 Å². The van der Waals surface area contributed by atoms with E-state index < -0.39 is 5.97 Å². The first-order valence-corrected chi connectivity index (χ1v) is 13.1. The summed E-state index contributed by atoms with van der Waals surface area (Å²) in [5.41, 5.74) is 2.27. The van der Waals surface area contributed by atoms with E-state index in [1.807, 2.05) is 36.4 Å². The Labute approximate surface area is 236 Å². The number of nitrogens with one attached hydrogen (secondary N) is 1. The minimum atomic E-state index is -1.12. The first-order chi connectivity index (χ1) is 17.9. The Hall–Kier alpha value is -3.22. The number of halogens is 2. The molecule has 4 rings (SSSR count). The Morgan fingerprint density at radius 1 is 1.11 bits per heavy atom. The molecule has 0 saturated heterocycles. The lowest BCUT2D eigenvalue weighted by molar-refractivity contribution is -0.131. The number of aliphatic carboxylic acids is 1. The summed E-state index contributed by atoms with van der Waals surface area (Å²) in [5.74, 6) is 0.930. The molecule has 2 N–H and O–H groups in total. The minimum Gasteiger partial charge on any atom is -0.496 e. The molecule has 0 unspecified atom stereocenters. The lowest BCUT2D eigenvalue weighted by Gasteiger charge is -2.14. The molecular weight excluding hydrogens is 629 g/mol. The molecule has 8 nitrogen and oxygen atoms in total. The van der Waals surface area contributed by atoms with Crippen LogP contribution in [0.2, 0.25) is 5.02 Å². The fraction of sp³-hybridized carbons (Fsp3) is 0.115. The van der Waals surface area contributed by atoms with Gasteiger partial charge in [0.15, 0.2) is 17.3 Å². The summed E-state index contributed by atoms with van der Waals surface area (Å²) in [6, 6.07) is 18.5. The van der Waals surface area contributed by atoms with Crippen LogP contribution in [0.25, 0.3) is 17.5 Å². The lowest BCUT2D eigenvalue weighted by Crippen LogP contribution is -2.01. The molecule has 0 spiro atoms. The zero-order valence-corrected chi connectivity index (χ0v) is 23.4. The number of hydrogen-bond acceptors (Lipinski definition) is 7. The van der Waals surface area contributed by atoms with Crippen molar-refractivity contribution in [2.45, 2.75) is 11.8 Å². The van der Waals surface area contributed by atoms with Gasteiger partial charge in [-0.15, -0.1) is 5.10 Å². The summed E-state index contributed by atoms with van der Waals surface area (Å²) in [5, 5.41) is 17.6. The largest absolute Gasteiger partial charge is 0.496 e. The molecule has 0 aliphatic heterocycles. The average Bonchev–Trinajstić information content (AvgIpc) is 3.36. The van der Waals surface area contributed by atoms with Gasteiger partial charge in [0.25, 0.3) is 0 Å². The number of carboxylic acids is 1. The zero-order valence-electron chi connectivity index (χ0n) is 19.7. The number of aromatic nitrogens is 3. The second-order valence-corrected chi connectivity index (χ2v) is 10.1. The molecule has 0 atom stereocenters. The van der Waals surface area contributed by atoms with E-state index in [9.17, 15) is 9.90 Å². The van der Waals surface area contributed by atoms with Crippen LogP contribution in [-0.4, -0.2) is 40.5 Å². The molecule has 0 saturated carbocycles. The highest BCUT2D eigenvalue weighted by atomic mass is 127. The molecule has 11 heteroatoms. The number of benzene rings is 3. The second-order valence-electron chi connectivity index (χ2n) is 7.54. The van der Waals surface area contributed by atoms with E-state index in [2.05, 4.69) is 37.8 Å². The summed E-state index contributed by atoms with van der Waals surface area (Å²) in [7, 11) is 3.08. The molecule has 0 fully saturated rings. The predicted molar refractivity (Wildman–Crippen MR) is 151 cm³/mol. The van der Waals surface area contributed by atoms with Crippen LogP contribution < -0.4 is 14.2 Å². The van der Waals surface area contributed by atoms with Gasteiger partial charge in [-0.05, 0) is 81.9 Å². The Morgan fingerprint density at radius 2 is 1.86 bits per heavy atom. The monoisotopic (exact) mass is 649 g/mol. The number of carboxylic acid groups (broad SMARTS) is 1. The highest BCUT2D eigenvalue weighted by Crippen LogP contribution is 2.37. The quantitative estimate of drug-likeness (QED) is 0.113. The Bertz CT molecular complexity index is 1450. The van der Waals surface area contributed by atoms with Gasteiger partial charge in [0, 0.05) is 5.02 Å². The van der Waals surface area contributed by atoms with Gasteiger partial charge in [-0.25, -0.2) is 9.78 Å². The van der Waals surface area contributed by atoms with Gasteiger partial charge < -0.3 is 19.3 Å². The molecule has 4 aromatic rings. The summed E-state index contributed by atoms with van der Waals surface area (Å²) < 4.78 is 17.7. The SMILES string of the molecule is COc1ccc(Cl)cc1-c1nc(S/C(=C\c2cc(I)c(OCc3ccccc3)c(OC)c2)C(=O)O)n[nH]1. The summed E-state index contributed by atoms with van der Waals surface area (Å²) in [4.78, 5) is 16.5. The first-order valence-electron chi connectivity index (χ1n) is 10.8. The van der Waals surface area contributed by atoms with Crippen LogP contribution in [0, 0.1) is 3.57 Å². The molecule has 1 aromatic heterocycles. The molecule has 0 radical (unpaired) electrons. The average molecular weight is 650 g/mol. The van der Waals surface area contributed by atoms with Gasteiger partial charge in [0.1, 0.15) is 17.3 Å². The third-order valence-electron chi connectivity index (χ3n) is 5.07. The zero-order chi connectivity index (χ0) is 26.4. The standard InChI is InChI=1S/C26H21ClIN3O5S/c1-34-20-9-8-17(27)13-18(20)24-29-26(31-30-24)37-22(25(32)33)12-16-10-19(28)23(21(11-16)35-2)36-14-15-6-4-3-5-7-15/h3-13H,14H2,1-2H3,(H,32,33)(H,29,30,31)/b22-12-. The molecule has 0 bridgehead atoms. The highest BCUT2D eigenvalue weighted by Gasteiger charge is 2.18. The maximum Gasteiger partial charge on any atom is 0.342 e. The van der Waals surface area contributed by atoms with Crippen molar-refractivity contribution < 1.29 is 24.1 Å². The number of ether oxygens (including phenoxy) is 3. The fourth-order valence-electron chi connectivity index (χ4n) is 3.36. The highest BCUT2D eigenvalue weighted by molar-refractivity contribution is 14.1. The number of methoxy groups -OCH3 is 2. The Morgan fingerprint density at radius 3 is 2.57 bits per heavy atom. The van der Waals surface area contributed by atoms with Crippen LogP contribution >= 0.6 is 46.0 Å². The van der Waals surface area contributed by atoms with Crippen LogP contribution in [0.1, 0.15) is 11.1 Å². The van der Waals surface area contributed by atoms with Crippen molar-refractivity contribution in [2.24, 2.45) is 0 Å². The number of H-pyrrole nitrogens is 1. The minimum absolute atomic E-state index is 0.0272. The van der Waals surface area contributed by atoms with E-state index >= 15 is 0 Å².